The van der Waals surface area contributed by atoms with Gasteiger partial charge in [0.25, 0.3) is 11.8 Å². The van der Waals surface area contributed by atoms with Gasteiger partial charge in [-0.1, -0.05) is 39.8 Å². The average molecular weight is 378 g/mol. The topological polar surface area (TPSA) is 136 Å². The van der Waals surface area contributed by atoms with Crippen molar-refractivity contribution >= 4 is 23.6 Å². The molecule has 0 aliphatic carbocycles. The largest absolute Gasteiger partial charge is 0.333 e. The van der Waals surface area contributed by atoms with E-state index < -0.39 is 29.7 Å². The zero-order chi connectivity index (χ0) is 21.1. The molecule has 0 aromatic heterocycles. The van der Waals surface area contributed by atoms with Gasteiger partial charge in [0.05, 0.1) is 11.1 Å². The smallest absolute Gasteiger partial charge is 0.262 e. The van der Waals surface area contributed by atoms with Gasteiger partial charge in [-0.25, -0.2) is 0 Å². The predicted octanol–water partition coefficient (Wildman–Crippen LogP) is 1.17. The maximum atomic E-state index is 12.5. The third kappa shape index (κ3) is 4.99. The lowest BCUT2D eigenvalue weighted by Crippen LogP contribution is -2.54. The van der Waals surface area contributed by atoms with E-state index in [0.29, 0.717) is 5.56 Å². The lowest BCUT2D eigenvalue weighted by molar-refractivity contribution is -0.136. The van der Waals surface area contributed by atoms with Crippen molar-refractivity contribution in [3.63, 3.8) is 0 Å². The van der Waals surface area contributed by atoms with Crippen LogP contribution in [0, 0.1) is 0 Å². The molecule has 4 amide bonds. The highest BCUT2D eigenvalue weighted by molar-refractivity contribution is 6.24. The first kappa shape index (κ1) is 24.4. The molecule has 2 aliphatic heterocycles. The molecule has 1 aromatic rings. The zero-order valence-electron chi connectivity index (χ0n) is 16.7. The van der Waals surface area contributed by atoms with E-state index in [1.165, 1.54) is 7.05 Å². The van der Waals surface area contributed by atoms with Crippen LogP contribution in [-0.4, -0.2) is 41.6 Å². The molecule has 2 heterocycles. The summed E-state index contributed by atoms with van der Waals surface area (Å²) < 4.78 is 0. The number of benzene rings is 1. The van der Waals surface area contributed by atoms with E-state index in [-0.39, 0.29) is 30.5 Å². The highest BCUT2D eigenvalue weighted by atomic mass is 16.2. The standard InChI is InChI=1S/C14H13N3O4.2C2H6.CH5N/c15-6-7-2-1-3-8-11(7)14(21)17(13(8)20)9-4-5-10(18)16-12(9)19;3*1-2/h1-3,9H,4-6,15H2,(H,16,18,19);2*1-2H3;2H2,1H3. The summed E-state index contributed by atoms with van der Waals surface area (Å²) in [6.07, 6.45) is 0.252. The fraction of sp³-hybridized carbons (Fsp3) is 0.474. The van der Waals surface area contributed by atoms with Crippen molar-refractivity contribution in [1.29, 1.82) is 0 Å². The van der Waals surface area contributed by atoms with E-state index in [4.69, 9.17) is 5.73 Å². The Bertz CT molecular complexity index is 688. The minimum absolute atomic E-state index is 0.105. The Balaban J connectivity index is 0.00000103. The summed E-state index contributed by atoms with van der Waals surface area (Å²) in [6, 6.07) is 3.93. The van der Waals surface area contributed by atoms with Crippen LogP contribution >= 0.6 is 0 Å². The SMILES string of the molecule is CC.CC.CN.NCc1cccc2c1C(=O)N(C1CCC(=O)NC1=O)C2=O. The number of carbonyl (C=O) groups is 4. The number of hydrogen-bond donors (Lipinski definition) is 3. The van der Waals surface area contributed by atoms with Crippen molar-refractivity contribution in [2.24, 2.45) is 11.5 Å². The molecule has 1 aromatic carbocycles. The number of amides is 4. The van der Waals surface area contributed by atoms with Gasteiger partial charge in [0, 0.05) is 13.0 Å². The Morgan fingerprint density at radius 2 is 1.63 bits per heavy atom. The molecule has 0 spiro atoms. The number of hydrogen-bond acceptors (Lipinski definition) is 6. The molecule has 5 N–H and O–H groups in total. The van der Waals surface area contributed by atoms with Gasteiger partial charge in [-0.2, -0.15) is 0 Å². The molecule has 3 rings (SSSR count). The Kier molecular flexibility index (Phi) is 10.8. The van der Waals surface area contributed by atoms with Crippen LogP contribution in [0.5, 0.6) is 0 Å². The molecule has 8 nitrogen and oxygen atoms in total. The number of nitrogens with two attached hydrogens (primary N) is 2. The van der Waals surface area contributed by atoms with Crippen LogP contribution in [0.25, 0.3) is 0 Å². The monoisotopic (exact) mass is 378 g/mol. The lowest BCUT2D eigenvalue weighted by atomic mass is 10.0. The average Bonchev–Trinajstić information content (AvgIpc) is 2.97. The van der Waals surface area contributed by atoms with Crippen LogP contribution in [0.3, 0.4) is 0 Å². The molecule has 0 saturated carbocycles. The van der Waals surface area contributed by atoms with Crippen LogP contribution in [0.2, 0.25) is 0 Å². The van der Waals surface area contributed by atoms with E-state index >= 15 is 0 Å². The van der Waals surface area contributed by atoms with Crippen molar-refractivity contribution < 1.29 is 19.2 Å². The molecule has 27 heavy (non-hydrogen) atoms. The number of rotatable bonds is 2. The molecule has 1 unspecified atom stereocenters. The molecule has 1 saturated heterocycles. The number of nitrogens with zero attached hydrogens (tertiary/aromatic N) is 1. The third-order valence-electron chi connectivity index (χ3n) is 3.77. The molecule has 2 aliphatic rings. The minimum atomic E-state index is -0.944. The van der Waals surface area contributed by atoms with Crippen molar-refractivity contribution in [1.82, 2.24) is 10.2 Å². The maximum Gasteiger partial charge on any atom is 0.262 e. The fourth-order valence-electron chi connectivity index (χ4n) is 2.76. The van der Waals surface area contributed by atoms with Gasteiger partial charge in [0.2, 0.25) is 11.8 Å². The summed E-state index contributed by atoms with van der Waals surface area (Å²) in [7, 11) is 1.50. The number of fused-ring (bicyclic) bond motifs is 1. The number of carbonyl (C=O) groups excluding carboxylic acids is 4. The molecule has 1 fully saturated rings. The van der Waals surface area contributed by atoms with E-state index in [2.05, 4.69) is 11.1 Å². The molecule has 8 heteroatoms. The first-order valence-corrected chi connectivity index (χ1v) is 9.16. The molecular weight excluding hydrogens is 348 g/mol. The van der Waals surface area contributed by atoms with E-state index in [9.17, 15) is 19.2 Å². The highest BCUT2D eigenvalue weighted by Crippen LogP contribution is 2.29. The van der Waals surface area contributed by atoms with Crippen LogP contribution in [-0.2, 0) is 16.1 Å². The Morgan fingerprint density at radius 3 is 2.15 bits per heavy atom. The molecule has 0 radical (unpaired) electrons. The van der Waals surface area contributed by atoms with Crippen LogP contribution < -0.4 is 16.8 Å². The second-order valence-electron chi connectivity index (χ2n) is 4.99. The van der Waals surface area contributed by atoms with Gasteiger partial charge in [-0.3, -0.25) is 29.4 Å². The van der Waals surface area contributed by atoms with Crippen molar-refractivity contribution in [2.75, 3.05) is 7.05 Å². The van der Waals surface area contributed by atoms with Gasteiger partial charge in [0.1, 0.15) is 6.04 Å². The molecule has 150 valence electrons. The van der Waals surface area contributed by atoms with Crippen molar-refractivity contribution in [2.45, 2.75) is 53.1 Å². The molecular formula is C19H30N4O4. The Morgan fingerprint density at radius 1 is 1.04 bits per heavy atom. The van der Waals surface area contributed by atoms with Gasteiger partial charge in [-0.05, 0) is 25.1 Å². The maximum absolute atomic E-state index is 12.5. The highest BCUT2D eigenvalue weighted by Gasteiger charge is 2.45. The van der Waals surface area contributed by atoms with Crippen LogP contribution in [0.15, 0.2) is 18.2 Å². The van der Waals surface area contributed by atoms with E-state index in [1.54, 1.807) is 18.2 Å². The van der Waals surface area contributed by atoms with Gasteiger partial charge < -0.3 is 11.5 Å². The molecule has 0 bridgehead atoms. The normalized spacial score (nSPS) is 17.4. The number of nitrogens with one attached hydrogen (secondary N) is 1. The summed E-state index contributed by atoms with van der Waals surface area (Å²) in [5.41, 5.74) is 11.2. The Labute approximate surface area is 160 Å². The van der Waals surface area contributed by atoms with Gasteiger partial charge in [0.15, 0.2) is 0 Å². The van der Waals surface area contributed by atoms with Gasteiger partial charge >= 0.3 is 0 Å². The van der Waals surface area contributed by atoms with Gasteiger partial charge in [-0.15, -0.1) is 0 Å². The van der Waals surface area contributed by atoms with Crippen molar-refractivity contribution in [3.05, 3.63) is 34.9 Å². The zero-order valence-corrected chi connectivity index (χ0v) is 16.7. The fourth-order valence-corrected chi connectivity index (χ4v) is 2.76. The molecule has 1 atom stereocenters. The number of piperidine rings is 1. The summed E-state index contributed by atoms with van der Waals surface area (Å²) in [5.74, 6) is -2.05. The first-order chi connectivity index (χ1) is 13.0. The quantitative estimate of drug-likeness (QED) is 0.661. The second kappa shape index (κ2) is 11.9. The summed E-state index contributed by atoms with van der Waals surface area (Å²) in [6.45, 7) is 8.13. The third-order valence-corrected chi connectivity index (χ3v) is 3.77. The Hall–Kier alpha value is -2.58. The van der Waals surface area contributed by atoms with Crippen molar-refractivity contribution in [3.8, 4) is 0 Å². The van der Waals surface area contributed by atoms with E-state index in [0.717, 1.165) is 4.90 Å². The number of imide groups is 2. The summed E-state index contributed by atoms with van der Waals surface area (Å²) in [4.78, 5) is 48.9. The first-order valence-electron chi connectivity index (χ1n) is 9.16. The lowest BCUT2D eigenvalue weighted by Gasteiger charge is -2.27. The minimum Gasteiger partial charge on any atom is -0.333 e. The summed E-state index contributed by atoms with van der Waals surface area (Å²) in [5, 5.41) is 2.15. The summed E-state index contributed by atoms with van der Waals surface area (Å²) >= 11 is 0. The van der Waals surface area contributed by atoms with Crippen LogP contribution in [0.4, 0.5) is 0 Å². The predicted molar refractivity (Wildman–Crippen MR) is 104 cm³/mol. The van der Waals surface area contributed by atoms with E-state index in [1.807, 2.05) is 27.7 Å². The van der Waals surface area contributed by atoms with Crippen LogP contribution in [0.1, 0.15) is 66.8 Å². The second-order valence-corrected chi connectivity index (χ2v) is 4.99.